The van der Waals surface area contributed by atoms with Gasteiger partial charge in [0.1, 0.15) is 35.8 Å². The topological polar surface area (TPSA) is 187 Å². The molecular formula is C37H43N9O6. The third kappa shape index (κ3) is 7.54. The van der Waals surface area contributed by atoms with Crippen molar-refractivity contribution in [2.75, 3.05) is 34.0 Å². The first-order chi connectivity index (χ1) is 25.1. The highest BCUT2D eigenvalue weighted by molar-refractivity contribution is 5.87. The maximum Gasteiger partial charge on any atom is 0.407 e. The van der Waals surface area contributed by atoms with Gasteiger partial charge in [0.25, 0.3) is 0 Å². The number of benzene rings is 2. The van der Waals surface area contributed by atoms with Crippen LogP contribution in [0.25, 0.3) is 33.6 Å². The number of nitrogens with zero attached hydrogens (tertiary/aromatic N) is 4. The van der Waals surface area contributed by atoms with E-state index in [0.717, 1.165) is 33.6 Å². The maximum atomic E-state index is 13.5. The molecule has 1 fully saturated rings. The number of imidazole rings is 2. The van der Waals surface area contributed by atoms with Crippen LogP contribution in [0, 0.1) is 5.92 Å². The smallest absolute Gasteiger partial charge is 0.407 e. The lowest BCUT2D eigenvalue weighted by atomic mass is 10.0. The minimum atomic E-state index is -0.748. The van der Waals surface area contributed by atoms with Gasteiger partial charge in [0.15, 0.2) is 0 Å². The molecule has 2 aromatic heterocycles. The number of aromatic amines is 2. The van der Waals surface area contributed by atoms with E-state index in [0.29, 0.717) is 31.4 Å². The average molecular weight is 710 g/mol. The first-order valence-corrected chi connectivity index (χ1v) is 17.1. The molecule has 0 spiro atoms. The lowest BCUT2D eigenvalue weighted by Crippen LogP contribution is -2.51. The number of carbonyl (C=O) groups is 4. The molecule has 4 heterocycles. The lowest BCUT2D eigenvalue weighted by molar-refractivity contribution is -0.135. The van der Waals surface area contributed by atoms with Gasteiger partial charge in [-0.05, 0) is 35.1 Å². The number of alkyl carbamates (subject to hydrolysis) is 2. The molecule has 0 unspecified atom stereocenters. The third-order valence-corrected chi connectivity index (χ3v) is 9.31. The summed E-state index contributed by atoms with van der Waals surface area (Å²) in [5.41, 5.74) is 5.61. The highest BCUT2D eigenvalue weighted by Gasteiger charge is 2.36. The van der Waals surface area contributed by atoms with Gasteiger partial charge in [-0.1, -0.05) is 74.5 Å². The Kier molecular flexibility index (Phi) is 10.7. The Morgan fingerprint density at radius 2 is 1.29 bits per heavy atom. The highest BCUT2D eigenvalue weighted by Crippen LogP contribution is 2.31. The quantitative estimate of drug-likeness (QED) is 0.151. The minimum absolute atomic E-state index is 0.133. The van der Waals surface area contributed by atoms with Crippen LogP contribution in [0.15, 0.2) is 73.1 Å². The van der Waals surface area contributed by atoms with Crippen LogP contribution in [0.3, 0.4) is 0 Å². The van der Waals surface area contributed by atoms with Crippen molar-refractivity contribution in [3.05, 3.63) is 84.7 Å². The van der Waals surface area contributed by atoms with Crippen molar-refractivity contribution in [1.82, 2.24) is 45.7 Å². The molecule has 5 N–H and O–H groups in total. The van der Waals surface area contributed by atoms with Crippen LogP contribution < -0.4 is 16.0 Å². The van der Waals surface area contributed by atoms with Gasteiger partial charge >= 0.3 is 12.2 Å². The van der Waals surface area contributed by atoms with Gasteiger partial charge in [-0.25, -0.2) is 19.6 Å². The summed E-state index contributed by atoms with van der Waals surface area (Å²) < 4.78 is 9.35. The summed E-state index contributed by atoms with van der Waals surface area (Å²) in [5.74, 6) is 0.706. The number of nitrogens with one attached hydrogen (secondary N) is 5. The largest absolute Gasteiger partial charge is 0.453 e. The van der Waals surface area contributed by atoms with E-state index in [4.69, 9.17) is 4.74 Å². The molecule has 4 atom stereocenters. The Morgan fingerprint density at radius 3 is 1.87 bits per heavy atom. The molecule has 0 bridgehead atoms. The van der Waals surface area contributed by atoms with Crippen LogP contribution in [-0.2, 0) is 19.1 Å². The summed E-state index contributed by atoms with van der Waals surface area (Å²) in [7, 11) is 2.53. The first kappa shape index (κ1) is 35.9. The zero-order valence-electron chi connectivity index (χ0n) is 29.7. The van der Waals surface area contributed by atoms with Crippen LogP contribution in [0.5, 0.6) is 0 Å². The van der Waals surface area contributed by atoms with Crippen LogP contribution in [0.1, 0.15) is 44.5 Å². The monoisotopic (exact) mass is 709 g/mol. The molecule has 4 amide bonds. The zero-order valence-corrected chi connectivity index (χ0v) is 29.7. The summed E-state index contributed by atoms with van der Waals surface area (Å²) >= 11 is 0. The van der Waals surface area contributed by atoms with E-state index in [1.165, 1.54) is 14.2 Å². The fourth-order valence-corrected chi connectivity index (χ4v) is 6.40. The second kappa shape index (κ2) is 15.5. The van der Waals surface area contributed by atoms with Crippen LogP contribution in [-0.4, -0.2) is 99.8 Å². The molecule has 6 rings (SSSR count). The summed E-state index contributed by atoms with van der Waals surface area (Å²) in [6.07, 6.45) is 6.06. The number of aromatic nitrogens is 4. The Labute approximate surface area is 301 Å². The number of hydrogen-bond acceptors (Lipinski definition) is 9. The second-order valence-electron chi connectivity index (χ2n) is 13.0. The summed E-state index contributed by atoms with van der Waals surface area (Å²) in [4.78, 5) is 69.3. The molecule has 2 aliphatic heterocycles. The predicted molar refractivity (Wildman–Crippen MR) is 192 cm³/mol. The minimum Gasteiger partial charge on any atom is -0.453 e. The number of rotatable bonds is 10. The van der Waals surface area contributed by atoms with Gasteiger partial charge in [0.2, 0.25) is 11.8 Å². The Morgan fingerprint density at radius 1 is 0.750 bits per heavy atom. The maximum absolute atomic E-state index is 13.5. The van der Waals surface area contributed by atoms with Gasteiger partial charge in [-0.15, -0.1) is 0 Å². The normalized spacial score (nSPS) is 18.0. The van der Waals surface area contributed by atoms with Crippen LogP contribution in [0.2, 0.25) is 0 Å². The van der Waals surface area contributed by atoms with Crippen molar-refractivity contribution in [2.24, 2.45) is 5.92 Å². The molecule has 4 aromatic rings. The highest BCUT2D eigenvalue weighted by atomic mass is 16.5. The van der Waals surface area contributed by atoms with Gasteiger partial charge in [-0.3, -0.25) is 14.9 Å². The summed E-state index contributed by atoms with van der Waals surface area (Å²) in [6, 6.07) is 14.1. The van der Waals surface area contributed by atoms with E-state index >= 15 is 0 Å². The molecular weight excluding hydrogens is 666 g/mol. The van der Waals surface area contributed by atoms with E-state index in [-0.39, 0.29) is 29.8 Å². The second-order valence-corrected chi connectivity index (χ2v) is 13.0. The van der Waals surface area contributed by atoms with Gasteiger partial charge in [-0.2, -0.15) is 0 Å². The summed E-state index contributed by atoms with van der Waals surface area (Å²) in [5, 5.41) is 8.39. The predicted octanol–water partition coefficient (Wildman–Crippen LogP) is 4.13. The van der Waals surface area contributed by atoms with Gasteiger partial charge in [0, 0.05) is 13.1 Å². The zero-order chi connectivity index (χ0) is 36.9. The molecule has 0 aliphatic carbocycles. The molecule has 52 heavy (non-hydrogen) atoms. The number of amides is 4. The Bertz CT molecular complexity index is 1930. The number of H-pyrrole nitrogens is 2. The molecule has 1 saturated heterocycles. The molecule has 272 valence electrons. The number of hydrogen-bond donors (Lipinski definition) is 5. The van der Waals surface area contributed by atoms with Crippen molar-refractivity contribution < 1.29 is 28.7 Å². The van der Waals surface area contributed by atoms with E-state index in [9.17, 15) is 19.2 Å². The molecule has 0 radical (unpaired) electrons. The first-order valence-electron chi connectivity index (χ1n) is 17.1. The molecule has 2 aliphatic rings. The Hall–Kier alpha value is -5.96. The van der Waals surface area contributed by atoms with Crippen molar-refractivity contribution in [3.63, 3.8) is 0 Å². The molecule has 2 aromatic carbocycles. The van der Waals surface area contributed by atoms with E-state index in [2.05, 4.69) is 40.6 Å². The van der Waals surface area contributed by atoms with E-state index in [1.807, 2.05) is 74.5 Å². The number of ether oxygens (including phenoxy) is 2. The summed E-state index contributed by atoms with van der Waals surface area (Å²) in [6.45, 7) is 6.66. The van der Waals surface area contributed by atoms with Crippen molar-refractivity contribution in [1.29, 1.82) is 0 Å². The van der Waals surface area contributed by atoms with Crippen molar-refractivity contribution in [3.8, 4) is 33.6 Å². The van der Waals surface area contributed by atoms with Gasteiger partial charge in [0.05, 0.1) is 44.7 Å². The van der Waals surface area contributed by atoms with Crippen LogP contribution >= 0.6 is 0 Å². The Balaban J connectivity index is 1.10. The third-order valence-electron chi connectivity index (χ3n) is 9.31. The van der Waals surface area contributed by atoms with E-state index in [1.54, 1.807) is 29.1 Å². The standard InChI is InChI=1S/C37H43N9O6/c1-21(2)31(44-37(50)52-5)35(48)45-16-6-7-29(45)32-39-17-27(42-32)25-12-8-23(9-13-25)24-10-14-26(15-11-24)28-18-40-33(43-28)30-19-38-20-46(30)34(47)22(3)41-36(49)51-4/h6-15,17-18,21-22,29-31,38H,16,19-20H2,1-5H3,(H,39,42)(H,40,43)(H,41,49)(H,44,50)/t22-,29-,30-,31-/m0/s1. The van der Waals surface area contributed by atoms with Gasteiger partial charge < -0.3 is 39.9 Å². The lowest BCUT2D eigenvalue weighted by Gasteiger charge is -2.29. The average Bonchev–Trinajstić information content (AvgIpc) is 3.99. The fraction of sp³-hybridized carbons (Fsp3) is 0.351. The number of carbonyl (C=O) groups excluding carboxylic acids is 4. The van der Waals surface area contributed by atoms with Crippen molar-refractivity contribution in [2.45, 2.75) is 44.9 Å². The molecule has 15 heteroatoms. The fourth-order valence-electron chi connectivity index (χ4n) is 6.40. The molecule has 0 saturated carbocycles. The SMILES string of the molecule is COC(=O)N[C@@H](C)C(=O)N1CNC[C@H]1c1ncc(-c2ccc(-c3ccc(-c4cnc([C@@H]5C=CCN5C(=O)[C@@H](NC(=O)OC)C(C)C)[nH]4)cc3)cc2)[nH]1. The van der Waals surface area contributed by atoms with E-state index < -0.39 is 24.3 Å². The van der Waals surface area contributed by atoms with Crippen LogP contribution in [0.4, 0.5) is 9.59 Å². The molecule has 15 nitrogen and oxygen atoms in total. The number of methoxy groups -OCH3 is 2. The van der Waals surface area contributed by atoms with Crippen molar-refractivity contribution >= 4 is 24.0 Å².